The number of aliphatic hydroxyl groups is 1. The number of methoxy groups -OCH3 is 1. The van der Waals surface area contributed by atoms with Crippen LogP contribution in [0.15, 0.2) is 66.6 Å². The van der Waals surface area contributed by atoms with Crippen molar-refractivity contribution in [2.45, 2.75) is 37.2 Å². The van der Waals surface area contributed by atoms with E-state index < -0.39 is 29.6 Å². The van der Waals surface area contributed by atoms with E-state index >= 15 is 8.78 Å². The number of alkyl halides is 1. The van der Waals surface area contributed by atoms with E-state index in [0.29, 0.717) is 54.1 Å². The molecule has 0 saturated carbocycles. The highest BCUT2D eigenvalue weighted by Crippen LogP contribution is 2.43. The third kappa shape index (κ3) is 6.41. The fraction of sp³-hybridized carbons (Fsp3) is 0.350. The first-order chi connectivity index (χ1) is 25.8. The molecule has 1 N–H and O–H groups in total. The lowest BCUT2D eigenvalue weighted by Gasteiger charge is -2.37. The number of halogens is 3. The van der Waals surface area contributed by atoms with Crippen LogP contribution in [0.1, 0.15) is 30.5 Å². The Bertz CT molecular complexity index is 2240. The molecule has 2 unspecified atom stereocenters. The molecule has 0 bridgehead atoms. The lowest BCUT2D eigenvalue weighted by atomic mass is 9.95. The van der Waals surface area contributed by atoms with Crippen LogP contribution >= 0.6 is 0 Å². The van der Waals surface area contributed by atoms with Crippen molar-refractivity contribution in [3.63, 3.8) is 0 Å². The molecular formula is C40H38F3N7O3. The van der Waals surface area contributed by atoms with E-state index in [9.17, 15) is 9.50 Å². The van der Waals surface area contributed by atoms with E-state index in [-0.39, 0.29) is 48.2 Å². The van der Waals surface area contributed by atoms with Crippen LogP contribution in [0.5, 0.6) is 11.9 Å². The van der Waals surface area contributed by atoms with Gasteiger partial charge in [0.05, 0.1) is 18.3 Å². The van der Waals surface area contributed by atoms with Gasteiger partial charge >= 0.3 is 6.01 Å². The number of nitrogens with zero attached hydrogens (tertiary/aromatic N) is 7. The molecule has 0 amide bonds. The van der Waals surface area contributed by atoms with Crippen molar-refractivity contribution in [2.75, 3.05) is 57.9 Å². The molecule has 53 heavy (non-hydrogen) atoms. The number of hydrogen-bond donors (Lipinski definition) is 1. The molecule has 0 spiro atoms. The van der Waals surface area contributed by atoms with Crippen molar-refractivity contribution in [1.82, 2.24) is 29.7 Å². The predicted molar refractivity (Wildman–Crippen MR) is 196 cm³/mol. The Hall–Kier alpha value is -5.29. The second kappa shape index (κ2) is 14.3. The van der Waals surface area contributed by atoms with Crippen molar-refractivity contribution < 1.29 is 27.8 Å². The molecule has 2 aromatic carbocycles. The molecule has 0 aliphatic carbocycles. The molecule has 0 radical (unpaired) electrons. The topological polar surface area (TPSA) is 100.0 Å². The van der Waals surface area contributed by atoms with Gasteiger partial charge in [0.15, 0.2) is 12.0 Å². The lowest BCUT2D eigenvalue weighted by molar-refractivity contribution is 0.0140. The zero-order chi connectivity index (χ0) is 36.7. The first-order valence-electron chi connectivity index (χ1n) is 17.7. The van der Waals surface area contributed by atoms with Gasteiger partial charge in [-0.2, -0.15) is 9.97 Å². The minimum absolute atomic E-state index is 0.00187. The summed E-state index contributed by atoms with van der Waals surface area (Å²) in [6.07, 6.45) is 8.25. The monoisotopic (exact) mass is 721 g/mol. The van der Waals surface area contributed by atoms with Gasteiger partial charge in [-0.1, -0.05) is 42.3 Å². The van der Waals surface area contributed by atoms with E-state index in [1.54, 1.807) is 41.4 Å². The van der Waals surface area contributed by atoms with E-state index in [1.165, 1.54) is 13.2 Å². The van der Waals surface area contributed by atoms with Crippen LogP contribution in [0.3, 0.4) is 0 Å². The first kappa shape index (κ1) is 34.8. The molecule has 10 nitrogen and oxygen atoms in total. The lowest BCUT2D eigenvalue weighted by Crippen LogP contribution is -2.51. The molecule has 13 heteroatoms. The minimum atomic E-state index is -1.48. The Morgan fingerprint density at radius 3 is 2.62 bits per heavy atom. The average Bonchev–Trinajstić information content (AvgIpc) is 3.72. The number of rotatable bonds is 9. The minimum Gasteiger partial charge on any atom is -0.480 e. The second-order valence-corrected chi connectivity index (χ2v) is 13.7. The second-order valence-electron chi connectivity index (χ2n) is 13.7. The summed E-state index contributed by atoms with van der Waals surface area (Å²) in [6.45, 7) is 2.38. The highest BCUT2D eigenvalue weighted by atomic mass is 19.1. The van der Waals surface area contributed by atoms with Crippen molar-refractivity contribution in [3.05, 3.63) is 83.7 Å². The normalized spacial score (nSPS) is 21.5. The molecule has 3 aromatic heterocycles. The molecule has 272 valence electrons. The van der Waals surface area contributed by atoms with Gasteiger partial charge in [-0.05, 0) is 49.0 Å². The van der Waals surface area contributed by atoms with Gasteiger partial charge in [0.1, 0.15) is 41.0 Å². The first-order valence-corrected chi connectivity index (χ1v) is 17.7. The Kier molecular flexibility index (Phi) is 9.36. The Balaban J connectivity index is 1.19. The van der Waals surface area contributed by atoms with Gasteiger partial charge in [-0.15, -0.1) is 6.42 Å². The van der Waals surface area contributed by atoms with Gasteiger partial charge in [0.2, 0.25) is 5.88 Å². The van der Waals surface area contributed by atoms with Crippen LogP contribution < -0.4 is 14.4 Å². The number of piperazine rings is 1. The number of pyridine rings is 2. The van der Waals surface area contributed by atoms with Crippen LogP contribution in [-0.2, 0) is 0 Å². The summed E-state index contributed by atoms with van der Waals surface area (Å²) in [4.78, 5) is 23.8. The van der Waals surface area contributed by atoms with Crippen LogP contribution in [0.4, 0.5) is 19.0 Å². The third-order valence-corrected chi connectivity index (χ3v) is 10.6. The van der Waals surface area contributed by atoms with Crippen molar-refractivity contribution >= 4 is 33.6 Å². The number of aliphatic hydroxyl groups excluding tert-OH is 1. The largest absolute Gasteiger partial charge is 0.480 e. The van der Waals surface area contributed by atoms with E-state index in [1.807, 2.05) is 29.2 Å². The molecule has 3 fully saturated rings. The zero-order valence-corrected chi connectivity index (χ0v) is 29.2. The quantitative estimate of drug-likeness (QED) is 0.189. The van der Waals surface area contributed by atoms with Gasteiger partial charge in [-0.25, -0.2) is 18.2 Å². The Labute approximate surface area is 304 Å². The highest BCUT2D eigenvalue weighted by molar-refractivity contribution is 6.03. The number of hydrogen-bond acceptors (Lipinski definition) is 10. The van der Waals surface area contributed by atoms with Gasteiger partial charge in [-0.3, -0.25) is 14.8 Å². The molecular weight excluding hydrogens is 683 g/mol. The smallest absolute Gasteiger partial charge is 0.319 e. The maximum Gasteiger partial charge on any atom is 0.319 e. The third-order valence-electron chi connectivity index (χ3n) is 10.6. The van der Waals surface area contributed by atoms with Gasteiger partial charge in [0.25, 0.3) is 0 Å². The molecule has 3 atom stereocenters. The standard InChI is InChI=1S/C40H38F3N7O3/c1-3-25-9-6-10-26-11-7-13-29(31(25)26)34-33(43)35-32(37(45-34)52-2)36(47-39(46-35)53-24-40-14-8-16-50(40)23-27(41)22-40)48-17-19-49(20-18-48)38(51)30(42)21-28-12-4-5-15-44-28/h1,4-7,9-13,15,21,27,38,51H,8,14,16-20,22-24H2,2H3/b30-21-/t27-,38?,40?/m1/s1. The summed E-state index contributed by atoms with van der Waals surface area (Å²) in [5, 5.41) is 12.6. The Morgan fingerprint density at radius 1 is 1.06 bits per heavy atom. The van der Waals surface area contributed by atoms with Gasteiger partial charge in [0, 0.05) is 61.9 Å². The maximum absolute atomic E-state index is 17.1. The molecule has 3 aliphatic heterocycles. The summed E-state index contributed by atoms with van der Waals surface area (Å²) in [7, 11) is 1.44. The van der Waals surface area contributed by atoms with Crippen LogP contribution in [0.25, 0.3) is 39.0 Å². The number of benzene rings is 2. The predicted octanol–water partition coefficient (Wildman–Crippen LogP) is 5.78. The fourth-order valence-corrected chi connectivity index (χ4v) is 8.06. The number of fused-ring (bicyclic) bond motifs is 3. The summed E-state index contributed by atoms with van der Waals surface area (Å²) in [5.41, 5.74) is 0.895. The number of aromatic nitrogens is 4. The van der Waals surface area contributed by atoms with Crippen LogP contribution in [0, 0.1) is 18.2 Å². The molecule has 5 aromatic rings. The van der Waals surface area contributed by atoms with Crippen LogP contribution in [-0.4, -0.2) is 106 Å². The fourth-order valence-electron chi connectivity index (χ4n) is 8.06. The summed E-state index contributed by atoms with van der Waals surface area (Å²) < 4.78 is 59.0. The van der Waals surface area contributed by atoms with E-state index in [2.05, 4.69) is 20.8 Å². The Morgan fingerprint density at radius 2 is 1.87 bits per heavy atom. The van der Waals surface area contributed by atoms with Crippen molar-refractivity contribution in [3.8, 4) is 35.5 Å². The van der Waals surface area contributed by atoms with Crippen molar-refractivity contribution in [1.29, 1.82) is 0 Å². The molecule has 6 heterocycles. The molecule has 3 aliphatic rings. The number of ether oxygens (including phenoxy) is 2. The van der Waals surface area contributed by atoms with E-state index in [4.69, 9.17) is 25.9 Å². The van der Waals surface area contributed by atoms with Crippen molar-refractivity contribution in [2.24, 2.45) is 0 Å². The van der Waals surface area contributed by atoms with Crippen LogP contribution in [0.2, 0.25) is 0 Å². The zero-order valence-electron chi connectivity index (χ0n) is 29.2. The molecule has 8 rings (SSSR count). The maximum atomic E-state index is 17.1. The number of anilines is 1. The summed E-state index contributed by atoms with van der Waals surface area (Å²) >= 11 is 0. The number of terminal acetylenes is 1. The summed E-state index contributed by atoms with van der Waals surface area (Å²) in [6, 6.07) is 16.1. The molecule has 3 saturated heterocycles. The highest BCUT2D eigenvalue weighted by Gasteiger charge is 2.49. The SMILES string of the molecule is C#Cc1cccc2cccc(-c3nc(OC)c4c(N5CCN(C(O)/C(F)=C/c6ccccn6)CC5)nc(OCC56CCCN5C[C@H](F)C6)nc4c3F)c12. The van der Waals surface area contributed by atoms with E-state index in [0.717, 1.165) is 24.8 Å². The summed E-state index contributed by atoms with van der Waals surface area (Å²) in [5.74, 6) is 1.67. The average molecular weight is 722 g/mol. The van der Waals surface area contributed by atoms with Gasteiger partial charge < -0.3 is 19.5 Å².